The monoisotopic (exact) mass is 173 g/mol. The zero-order chi connectivity index (χ0) is 8.39. The molecule has 0 spiro atoms. The summed E-state index contributed by atoms with van der Waals surface area (Å²) < 4.78 is 0. The lowest BCUT2D eigenvalue weighted by Crippen LogP contribution is -1.67. The van der Waals surface area contributed by atoms with Gasteiger partial charge in [0.2, 0.25) is 0 Å². The van der Waals surface area contributed by atoms with E-state index < -0.39 is 0 Å². The molecule has 1 aromatic carbocycles. The lowest BCUT2D eigenvalue weighted by atomic mass is 10.2. The molecule has 0 fully saturated rings. The highest BCUT2D eigenvalue weighted by molar-refractivity contribution is 7.15. The Bertz CT molecular complexity index is 360. The van der Waals surface area contributed by atoms with Gasteiger partial charge in [0, 0.05) is 9.75 Å². The summed E-state index contributed by atoms with van der Waals surface area (Å²) in [7, 11) is 0. The van der Waals surface area contributed by atoms with Gasteiger partial charge in [-0.15, -0.1) is 11.3 Å². The summed E-state index contributed by atoms with van der Waals surface area (Å²) in [6.45, 7) is 3.89. The van der Waals surface area contributed by atoms with Crippen LogP contribution in [0, 0.1) is 6.92 Å². The molecule has 1 radical (unpaired) electrons. The highest BCUT2D eigenvalue weighted by Gasteiger charge is 1.97. The quantitative estimate of drug-likeness (QED) is 0.618. The fraction of sp³-hybridized carbons (Fsp3) is 0. The van der Waals surface area contributed by atoms with Crippen LogP contribution < -0.4 is 0 Å². The molecule has 1 heterocycles. The van der Waals surface area contributed by atoms with E-state index in [0.29, 0.717) is 0 Å². The molecular weight excluding hydrogens is 164 g/mol. The van der Waals surface area contributed by atoms with Crippen molar-refractivity contribution in [2.24, 2.45) is 0 Å². The molecule has 59 valence electrons. The maximum atomic E-state index is 3.89. The first-order chi connectivity index (χ1) is 5.86. The summed E-state index contributed by atoms with van der Waals surface area (Å²) in [6.07, 6.45) is 0. The first-order valence-electron chi connectivity index (χ1n) is 3.83. The third-order valence-corrected chi connectivity index (χ3v) is 2.71. The average Bonchev–Trinajstić information content (AvgIpc) is 2.54. The lowest BCUT2D eigenvalue weighted by Gasteiger charge is -1.93. The van der Waals surface area contributed by atoms with Crippen LogP contribution in [-0.2, 0) is 0 Å². The van der Waals surface area contributed by atoms with Crippen molar-refractivity contribution in [2.75, 3.05) is 0 Å². The Kier molecular flexibility index (Phi) is 1.96. The van der Waals surface area contributed by atoms with Crippen molar-refractivity contribution in [1.82, 2.24) is 0 Å². The van der Waals surface area contributed by atoms with E-state index in [9.17, 15) is 0 Å². The van der Waals surface area contributed by atoms with Crippen LogP contribution >= 0.6 is 11.3 Å². The molecule has 0 amide bonds. The van der Waals surface area contributed by atoms with Gasteiger partial charge in [-0.05, 0) is 24.6 Å². The van der Waals surface area contributed by atoms with Gasteiger partial charge in [0.25, 0.3) is 0 Å². The molecule has 2 rings (SSSR count). The van der Waals surface area contributed by atoms with Crippen molar-refractivity contribution in [1.29, 1.82) is 0 Å². The Labute approximate surface area is 76.5 Å². The molecule has 0 nitrogen and oxygen atoms in total. The normalized spacial score (nSPS) is 10.1. The molecule has 2 aromatic rings. The van der Waals surface area contributed by atoms with Gasteiger partial charge in [-0.25, -0.2) is 0 Å². The van der Waals surface area contributed by atoms with E-state index in [1.807, 2.05) is 12.1 Å². The Morgan fingerprint density at radius 3 is 2.25 bits per heavy atom. The van der Waals surface area contributed by atoms with Crippen LogP contribution in [0.15, 0.2) is 42.5 Å². The van der Waals surface area contributed by atoms with Gasteiger partial charge < -0.3 is 0 Å². The molecule has 0 unspecified atom stereocenters. The third kappa shape index (κ3) is 1.41. The zero-order valence-electron chi connectivity index (χ0n) is 6.66. The standard InChI is InChI=1S/C11H9S/c1-9-7-8-11(12-9)10-5-3-2-4-6-10/h2-8H,1H2. The summed E-state index contributed by atoms with van der Waals surface area (Å²) in [5.41, 5.74) is 1.28. The minimum absolute atomic E-state index is 1.12. The molecular formula is C11H9S. The van der Waals surface area contributed by atoms with Gasteiger partial charge in [0.15, 0.2) is 0 Å². The van der Waals surface area contributed by atoms with E-state index in [0.717, 1.165) is 4.88 Å². The van der Waals surface area contributed by atoms with Gasteiger partial charge >= 0.3 is 0 Å². The topological polar surface area (TPSA) is 0 Å². The van der Waals surface area contributed by atoms with Gasteiger partial charge in [-0.2, -0.15) is 0 Å². The number of thiophene rings is 1. The van der Waals surface area contributed by atoms with E-state index in [2.05, 4.69) is 37.3 Å². The number of rotatable bonds is 1. The minimum atomic E-state index is 1.12. The van der Waals surface area contributed by atoms with Gasteiger partial charge in [-0.3, -0.25) is 0 Å². The Morgan fingerprint density at radius 2 is 1.67 bits per heavy atom. The first-order valence-corrected chi connectivity index (χ1v) is 4.65. The van der Waals surface area contributed by atoms with Crippen molar-refractivity contribution in [2.45, 2.75) is 0 Å². The number of hydrogen-bond acceptors (Lipinski definition) is 1. The minimum Gasteiger partial charge on any atom is -0.140 e. The number of benzene rings is 1. The second-order valence-corrected chi connectivity index (χ2v) is 3.80. The second-order valence-electron chi connectivity index (χ2n) is 2.63. The zero-order valence-corrected chi connectivity index (χ0v) is 7.47. The summed E-state index contributed by atoms with van der Waals surface area (Å²) in [6, 6.07) is 14.5. The number of hydrogen-bond donors (Lipinski definition) is 0. The van der Waals surface area contributed by atoms with Crippen LogP contribution in [-0.4, -0.2) is 0 Å². The maximum absolute atomic E-state index is 3.89. The lowest BCUT2D eigenvalue weighted by molar-refractivity contribution is 1.70. The third-order valence-electron chi connectivity index (χ3n) is 1.72. The van der Waals surface area contributed by atoms with Crippen LogP contribution in [0.3, 0.4) is 0 Å². The molecule has 0 aliphatic carbocycles. The molecule has 0 aliphatic rings. The first kappa shape index (κ1) is 7.56. The fourth-order valence-corrected chi connectivity index (χ4v) is 1.94. The van der Waals surface area contributed by atoms with E-state index in [1.165, 1.54) is 10.4 Å². The van der Waals surface area contributed by atoms with E-state index in [-0.39, 0.29) is 0 Å². The van der Waals surface area contributed by atoms with Crippen LogP contribution in [0.4, 0.5) is 0 Å². The molecule has 12 heavy (non-hydrogen) atoms. The van der Waals surface area contributed by atoms with Gasteiger partial charge in [0.1, 0.15) is 0 Å². The van der Waals surface area contributed by atoms with E-state index >= 15 is 0 Å². The predicted octanol–water partition coefficient (Wildman–Crippen LogP) is 3.60. The molecule has 0 atom stereocenters. The second kappa shape index (κ2) is 3.11. The molecule has 0 aliphatic heterocycles. The Morgan fingerprint density at radius 1 is 0.917 bits per heavy atom. The van der Waals surface area contributed by atoms with Crippen LogP contribution in [0.2, 0.25) is 0 Å². The van der Waals surface area contributed by atoms with Crippen molar-refractivity contribution in [3.05, 3.63) is 54.3 Å². The maximum Gasteiger partial charge on any atom is 0.0345 e. The summed E-state index contributed by atoms with van der Waals surface area (Å²) in [5.74, 6) is 0. The van der Waals surface area contributed by atoms with Crippen molar-refractivity contribution < 1.29 is 0 Å². The van der Waals surface area contributed by atoms with Crippen LogP contribution in [0.1, 0.15) is 4.88 Å². The molecule has 0 saturated heterocycles. The van der Waals surface area contributed by atoms with Crippen LogP contribution in [0.5, 0.6) is 0 Å². The van der Waals surface area contributed by atoms with E-state index in [4.69, 9.17) is 0 Å². The summed E-state index contributed by atoms with van der Waals surface area (Å²) in [4.78, 5) is 2.41. The molecule has 0 N–H and O–H groups in total. The summed E-state index contributed by atoms with van der Waals surface area (Å²) >= 11 is 1.73. The van der Waals surface area contributed by atoms with Gasteiger partial charge in [0.05, 0.1) is 0 Å². The Hall–Kier alpha value is -1.08. The molecule has 0 bridgehead atoms. The highest BCUT2D eigenvalue weighted by atomic mass is 32.1. The molecule has 0 saturated carbocycles. The van der Waals surface area contributed by atoms with Crippen molar-refractivity contribution >= 4 is 11.3 Å². The molecule has 1 aromatic heterocycles. The Balaban J connectivity index is 2.45. The van der Waals surface area contributed by atoms with E-state index in [1.54, 1.807) is 11.3 Å². The van der Waals surface area contributed by atoms with Crippen molar-refractivity contribution in [3.63, 3.8) is 0 Å². The van der Waals surface area contributed by atoms with Crippen molar-refractivity contribution in [3.8, 4) is 10.4 Å². The predicted molar refractivity (Wildman–Crippen MR) is 54.2 cm³/mol. The van der Waals surface area contributed by atoms with Gasteiger partial charge in [-0.1, -0.05) is 30.3 Å². The smallest absolute Gasteiger partial charge is 0.0345 e. The SMILES string of the molecule is [CH2]c1ccc(-c2ccccc2)s1. The average molecular weight is 173 g/mol. The van der Waals surface area contributed by atoms with Crippen LogP contribution in [0.25, 0.3) is 10.4 Å². The fourth-order valence-electron chi connectivity index (χ4n) is 1.14. The largest absolute Gasteiger partial charge is 0.140 e. The molecule has 1 heteroatoms. The summed E-state index contributed by atoms with van der Waals surface area (Å²) in [5, 5.41) is 0. The highest BCUT2D eigenvalue weighted by Crippen LogP contribution is 2.26.